The van der Waals surface area contributed by atoms with Crippen LogP contribution in [-0.2, 0) is 16.6 Å². The summed E-state index contributed by atoms with van der Waals surface area (Å²) in [5.41, 5.74) is 2.88. The van der Waals surface area contributed by atoms with Crippen LogP contribution < -0.4 is 9.62 Å². The molecule has 3 rings (SSSR count). The highest BCUT2D eigenvalue weighted by Gasteiger charge is 2.22. The summed E-state index contributed by atoms with van der Waals surface area (Å²) >= 11 is 0. The second-order valence-corrected chi connectivity index (χ2v) is 8.47. The molecule has 0 spiro atoms. The number of rotatable bonds is 6. The molecule has 0 aliphatic carbocycles. The molecule has 3 aromatic rings. The summed E-state index contributed by atoms with van der Waals surface area (Å²) in [5.74, 6) is -0.320. The third-order valence-corrected chi connectivity index (χ3v) is 6.23. The van der Waals surface area contributed by atoms with Gasteiger partial charge in [-0.15, -0.1) is 0 Å². The molecule has 0 aliphatic heterocycles. The van der Waals surface area contributed by atoms with Crippen LogP contribution in [0.5, 0.6) is 0 Å². The van der Waals surface area contributed by atoms with E-state index in [1.165, 1.54) is 23.5 Å². The van der Waals surface area contributed by atoms with Gasteiger partial charge in [0.25, 0.3) is 15.9 Å². The van der Waals surface area contributed by atoms with Crippen LogP contribution in [0.4, 0.5) is 5.69 Å². The lowest BCUT2D eigenvalue weighted by Crippen LogP contribution is -2.27. The molecule has 0 heterocycles. The van der Waals surface area contributed by atoms with Crippen LogP contribution in [0.2, 0.25) is 0 Å². The van der Waals surface area contributed by atoms with Crippen molar-refractivity contribution in [3.63, 3.8) is 0 Å². The van der Waals surface area contributed by atoms with E-state index < -0.39 is 10.0 Å². The summed E-state index contributed by atoms with van der Waals surface area (Å²) in [5, 5.41) is 2.81. The van der Waals surface area contributed by atoms with Crippen LogP contribution in [-0.4, -0.2) is 21.4 Å². The highest BCUT2D eigenvalue weighted by molar-refractivity contribution is 7.92. The Morgan fingerprint density at radius 2 is 1.61 bits per heavy atom. The summed E-state index contributed by atoms with van der Waals surface area (Å²) in [7, 11) is -2.27. The van der Waals surface area contributed by atoms with Crippen molar-refractivity contribution in [1.82, 2.24) is 5.32 Å². The number of carbonyl (C=O) groups is 1. The Balaban J connectivity index is 1.79. The van der Waals surface area contributed by atoms with Crippen LogP contribution in [0.15, 0.2) is 83.8 Å². The fraction of sp³-hybridized carbons (Fsp3) is 0.136. The van der Waals surface area contributed by atoms with Gasteiger partial charge in [-0.3, -0.25) is 9.10 Å². The van der Waals surface area contributed by atoms with E-state index in [1.54, 1.807) is 24.3 Å². The molecule has 1 amide bonds. The molecule has 144 valence electrons. The van der Waals surface area contributed by atoms with Gasteiger partial charge in [-0.05, 0) is 42.8 Å². The zero-order chi connectivity index (χ0) is 20.1. The predicted octanol–water partition coefficient (Wildman–Crippen LogP) is 3.75. The number of amides is 1. The molecule has 0 saturated carbocycles. The summed E-state index contributed by atoms with van der Waals surface area (Å²) in [4.78, 5) is 12.5. The molecule has 0 bridgehead atoms. The first-order valence-corrected chi connectivity index (χ1v) is 10.3. The maximum atomic E-state index is 13.0. The molecule has 0 aromatic heterocycles. The van der Waals surface area contributed by atoms with E-state index in [4.69, 9.17) is 0 Å². The van der Waals surface area contributed by atoms with Crippen LogP contribution in [0.3, 0.4) is 0 Å². The van der Waals surface area contributed by atoms with Gasteiger partial charge in [0.05, 0.1) is 10.6 Å². The lowest BCUT2D eigenvalue weighted by Gasteiger charge is -2.20. The first-order valence-electron chi connectivity index (χ1n) is 8.86. The molecule has 0 unspecified atom stereocenters. The fourth-order valence-corrected chi connectivity index (χ4v) is 3.97. The maximum Gasteiger partial charge on any atom is 0.264 e. The Morgan fingerprint density at radius 1 is 0.929 bits per heavy atom. The van der Waals surface area contributed by atoms with Gasteiger partial charge in [-0.1, -0.05) is 54.1 Å². The topological polar surface area (TPSA) is 66.5 Å². The smallest absolute Gasteiger partial charge is 0.264 e. The molecule has 0 atom stereocenters. The van der Waals surface area contributed by atoms with E-state index in [2.05, 4.69) is 5.32 Å². The van der Waals surface area contributed by atoms with Crippen molar-refractivity contribution < 1.29 is 13.2 Å². The average molecular weight is 394 g/mol. The molecule has 0 fully saturated rings. The molecule has 1 N–H and O–H groups in total. The van der Waals surface area contributed by atoms with Crippen molar-refractivity contribution in [3.05, 3.63) is 95.6 Å². The minimum atomic E-state index is -3.77. The van der Waals surface area contributed by atoms with Crippen LogP contribution in [0, 0.1) is 6.92 Å². The minimum absolute atomic E-state index is 0.0722. The first-order chi connectivity index (χ1) is 13.4. The SMILES string of the molecule is Cc1ccc(N(C)S(=O)(=O)c2cccc(C(=O)NCc3ccccc3)c2)cc1. The number of aryl methyl sites for hydroxylation is 1. The summed E-state index contributed by atoms with van der Waals surface area (Å²) in [6.45, 7) is 2.32. The number of hydrogen-bond acceptors (Lipinski definition) is 3. The number of carbonyl (C=O) groups excluding carboxylic acids is 1. The number of benzene rings is 3. The molecular weight excluding hydrogens is 372 g/mol. The molecule has 28 heavy (non-hydrogen) atoms. The Hall–Kier alpha value is -3.12. The zero-order valence-electron chi connectivity index (χ0n) is 15.8. The second kappa shape index (κ2) is 8.27. The van der Waals surface area contributed by atoms with E-state index in [0.717, 1.165) is 11.1 Å². The quantitative estimate of drug-likeness (QED) is 0.692. The van der Waals surface area contributed by atoms with E-state index in [-0.39, 0.29) is 10.8 Å². The standard InChI is InChI=1S/C22H22N2O3S/c1-17-11-13-20(14-12-17)24(2)28(26,27)21-10-6-9-19(15-21)22(25)23-16-18-7-4-3-5-8-18/h3-15H,16H2,1-2H3,(H,23,25). The van der Waals surface area contributed by atoms with Gasteiger partial charge < -0.3 is 5.32 Å². The van der Waals surface area contributed by atoms with E-state index in [9.17, 15) is 13.2 Å². The Kier molecular flexibility index (Phi) is 5.80. The Morgan fingerprint density at radius 3 is 2.29 bits per heavy atom. The minimum Gasteiger partial charge on any atom is -0.348 e. The Labute approximate surface area is 165 Å². The highest BCUT2D eigenvalue weighted by atomic mass is 32.2. The largest absolute Gasteiger partial charge is 0.348 e. The third-order valence-electron chi connectivity index (χ3n) is 4.45. The summed E-state index contributed by atoms with van der Waals surface area (Å²) in [6.07, 6.45) is 0. The summed E-state index contributed by atoms with van der Waals surface area (Å²) < 4.78 is 27.1. The lowest BCUT2D eigenvalue weighted by atomic mass is 10.2. The van der Waals surface area contributed by atoms with E-state index in [1.807, 2.05) is 49.4 Å². The van der Waals surface area contributed by atoms with E-state index >= 15 is 0 Å². The number of hydrogen-bond donors (Lipinski definition) is 1. The van der Waals surface area contributed by atoms with E-state index in [0.29, 0.717) is 17.8 Å². The van der Waals surface area contributed by atoms with Crippen molar-refractivity contribution >= 4 is 21.6 Å². The molecule has 5 nitrogen and oxygen atoms in total. The first kappa shape index (κ1) is 19.6. The number of nitrogens with zero attached hydrogens (tertiary/aromatic N) is 1. The monoisotopic (exact) mass is 394 g/mol. The van der Waals surface area contributed by atoms with Crippen molar-refractivity contribution in [3.8, 4) is 0 Å². The highest BCUT2D eigenvalue weighted by Crippen LogP contribution is 2.23. The normalized spacial score (nSPS) is 11.1. The molecular formula is C22H22N2O3S. The maximum absolute atomic E-state index is 13.0. The predicted molar refractivity (Wildman–Crippen MR) is 111 cm³/mol. The van der Waals surface area contributed by atoms with Crippen LogP contribution >= 0.6 is 0 Å². The molecule has 0 aliphatic rings. The van der Waals surface area contributed by atoms with Gasteiger partial charge in [0.15, 0.2) is 0 Å². The van der Waals surface area contributed by atoms with Gasteiger partial charge in [0, 0.05) is 19.2 Å². The van der Waals surface area contributed by atoms with Gasteiger partial charge in [-0.25, -0.2) is 8.42 Å². The van der Waals surface area contributed by atoms with Crippen LogP contribution in [0.1, 0.15) is 21.5 Å². The van der Waals surface area contributed by atoms with Crippen molar-refractivity contribution in [1.29, 1.82) is 0 Å². The lowest BCUT2D eigenvalue weighted by molar-refractivity contribution is 0.0950. The second-order valence-electron chi connectivity index (χ2n) is 6.50. The van der Waals surface area contributed by atoms with Gasteiger partial charge >= 0.3 is 0 Å². The number of sulfonamides is 1. The fourth-order valence-electron chi connectivity index (χ4n) is 2.73. The molecule has 6 heteroatoms. The molecule has 3 aromatic carbocycles. The van der Waals surface area contributed by atoms with Crippen molar-refractivity contribution in [2.24, 2.45) is 0 Å². The number of nitrogens with one attached hydrogen (secondary N) is 1. The van der Waals surface area contributed by atoms with Gasteiger partial charge in [0.2, 0.25) is 0 Å². The van der Waals surface area contributed by atoms with Gasteiger partial charge in [0.1, 0.15) is 0 Å². The summed E-state index contributed by atoms with van der Waals surface area (Å²) in [6, 6.07) is 22.8. The number of anilines is 1. The Bertz CT molecular complexity index is 1060. The third kappa shape index (κ3) is 4.40. The molecule has 0 saturated heterocycles. The van der Waals surface area contributed by atoms with Crippen molar-refractivity contribution in [2.75, 3.05) is 11.4 Å². The van der Waals surface area contributed by atoms with Gasteiger partial charge in [-0.2, -0.15) is 0 Å². The average Bonchev–Trinajstić information content (AvgIpc) is 2.73. The molecule has 0 radical (unpaired) electrons. The zero-order valence-corrected chi connectivity index (χ0v) is 16.6. The van der Waals surface area contributed by atoms with Crippen LogP contribution in [0.25, 0.3) is 0 Å². The van der Waals surface area contributed by atoms with Crippen molar-refractivity contribution in [2.45, 2.75) is 18.4 Å².